The van der Waals surface area contributed by atoms with Crippen LogP contribution in [0.1, 0.15) is 35.6 Å². The maximum Gasteiger partial charge on any atom is 0.139 e. The Morgan fingerprint density at radius 3 is 2.96 bits per heavy atom. The fraction of sp³-hybridized carbons (Fsp3) is 0.389. The number of rotatable bonds is 4. The van der Waals surface area contributed by atoms with Gasteiger partial charge in [0, 0.05) is 35.9 Å². The van der Waals surface area contributed by atoms with Gasteiger partial charge in [0.15, 0.2) is 0 Å². The molecule has 3 aromatic heterocycles. The maximum atomic E-state index is 4.77. The largest absolute Gasteiger partial charge is 0.370 e. The summed E-state index contributed by atoms with van der Waals surface area (Å²) in [6.45, 7) is 2.90. The molecule has 0 saturated carbocycles. The minimum atomic E-state index is 0.789. The Bertz CT molecular complexity index is 837. The Labute approximate surface area is 135 Å². The van der Waals surface area contributed by atoms with Crippen molar-refractivity contribution in [1.29, 1.82) is 0 Å². The summed E-state index contributed by atoms with van der Waals surface area (Å²) in [7, 11) is 0. The van der Waals surface area contributed by atoms with Crippen LogP contribution in [-0.2, 0) is 19.3 Å². The van der Waals surface area contributed by atoms with E-state index in [4.69, 9.17) is 4.98 Å². The number of aryl methyl sites for hydroxylation is 2. The lowest BCUT2D eigenvalue weighted by Gasteiger charge is -2.17. The number of nitrogens with one attached hydrogen (secondary N) is 2. The molecule has 5 heteroatoms. The quantitative estimate of drug-likeness (QED) is 0.777. The zero-order valence-electron chi connectivity index (χ0n) is 13.4. The van der Waals surface area contributed by atoms with Gasteiger partial charge in [0.25, 0.3) is 0 Å². The van der Waals surface area contributed by atoms with E-state index >= 15 is 0 Å². The number of nitrogens with zero attached hydrogens (tertiary/aromatic N) is 3. The number of pyridine rings is 1. The average Bonchev–Trinajstić information content (AvgIpc) is 3.03. The van der Waals surface area contributed by atoms with Crippen LogP contribution in [0, 0.1) is 6.92 Å². The van der Waals surface area contributed by atoms with Crippen molar-refractivity contribution in [3.63, 3.8) is 0 Å². The molecule has 5 nitrogen and oxygen atoms in total. The first-order valence-corrected chi connectivity index (χ1v) is 8.33. The molecular weight excluding hydrogens is 286 g/mol. The monoisotopic (exact) mass is 307 g/mol. The summed E-state index contributed by atoms with van der Waals surface area (Å²) in [4.78, 5) is 17.1. The Morgan fingerprint density at radius 1 is 1.09 bits per heavy atom. The first kappa shape index (κ1) is 14.2. The smallest absolute Gasteiger partial charge is 0.139 e. The van der Waals surface area contributed by atoms with Crippen LogP contribution in [0.4, 0.5) is 5.82 Å². The van der Waals surface area contributed by atoms with Crippen molar-refractivity contribution < 1.29 is 0 Å². The van der Waals surface area contributed by atoms with Gasteiger partial charge < -0.3 is 10.3 Å². The molecule has 1 aliphatic carbocycles. The van der Waals surface area contributed by atoms with Crippen LogP contribution in [0.3, 0.4) is 0 Å². The van der Waals surface area contributed by atoms with E-state index in [0.29, 0.717) is 0 Å². The van der Waals surface area contributed by atoms with Crippen LogP contribution in [0.5, 0.6) is 0 Å². The van der Waals surface area contributed by atoms with Gasteiger partial charge in [0.2, 0.25) is 0 Å². The molecular formula is C18H21N5. The van der Waals surface area contributed by atoms with E-state index < -0.39 is 0 Å². The lowest BCUT2D eigenvalue weighted by Crippen LogP contribution is -2.14. The van der Waals surface area contributed by atoms with Crippen LogP contribution in [0.25, 0.3) is 11.0 Å². The topological polar surface area (TPSA) is 66.5 Å². The van der Waals surface area contributed by atoms with E-state index in [9.17, 15) is 0 Å². The highest BCUT2D eigenvalue weighted by molar-refractivity contribution is 5.77. The van der Waals surface area contributed by atoms with E-state index in [1.807, 2.05) is 18.3 Å². The van der Waals surface area contributed by atoms with Crippen molar-refractivity contribution >= 4 is 16.9 Å². The van der Waals surface area contributed by atoms with E-state index in [-0.39, 0.29) is 0 Å². The van der Waals surface area contributed by atoms with Gasteiger partial charge in [-0.2, -0.15) is 0 Å². The Hall–Kier alpha value is -2.43. The van der Waals surface area contributed by atoms with Crippen LogP contribution >= 0.6 is 0 Å². The molecule has 0 spiro atoms. The molecule has 0 atom stereocenters. The average molecular weight is 307 g/mol. The molecule has 0 fully saturated rings. The number of hydrogen-bond donors (Lipinski definition) is 2. The number of fused-ring (bicyclic) bond motifs is 2. The number of aromatic nitrogens is 4. The highest BCUT2D eigenvalue weighted by Crippen LogP contribution is 2.21. The van der Waals surface area contributed by atoms with Gasteiger partial charge in [-0.1, -0.05) is 0 Å². The first-order valence-electron chi connectivity index (χ1n) is 8.33. The Morgan fingerprint density at radius 2 is 2.00 bits per heavy atom. The SMILES string of the molecule is Cc1nc(CCNc2ccc3cc[nH]c3n2)nc2c1CCCC2. The molecule has 23 heavy (non-hydrogen) atoms. The standard InChI is InChI=1S/C18H21N5/c1-12-14-4-2-3-5-15(14)22-17(21-12)9-11-19-16-7-6-13-8-10-20-18(13)23-16/h6-8,10H,2-5,9,11H2,1H3,(H2,19,20,23). The predicted octanol–water partition coefficient (Wildman–Crippen LogP) is 3.19. The van der Waals surface area contributed by atoms with E-state index in [2.05, 4.69) is 33.3 Å². The fourth-order valence-corrected chi connectivity index (χ4v) is 3.29. The second kappa shape index (κ2) is 5.99. The third-order valence-electron chi connectivity index (χ3n) is 4.50. The van der Waals surface area contributed by atoms with E-state index in [0.717, 1.165) is 54.2 Å². The molecule has 118 valence electrons. The number of hydrogen-bond acceptors (Lipinski definition) is 4. The molecule has 0 aliphatic heterocycles. The molecule has 0 bridgehead atoms. The molecule has 0 aromatic carbocycles. The summed E-state index contributed by atoms with van der Waals surface area (Å²) < 4.78 is 0. The van der Waals surface area contributed by atoms with Gasteiger partial charge in [0.1, 0.15) is 17.3 Å². The van der Waals surface area contributed by atoms with Crippen LogP contribution in [0.15, 0.2) is 24.4 Å². The lowest BCUT2D eigenvalue weighted by atomic mass is 9.95. The molecule has 0 saturated heterocycles. The molecule has 3 heterocycles. The summed E-state index contributed by atoms with van der Waals surface area (Å²) in [6, 6.07) is 6.10. The lowest BCUT2D eigenvalue weighted by molar-refractivity contribution is 0.647. The Kier molecular flexibility index (Phi) is 3.69. The predicted molar refractivity (Wildman–Crippen MR) is 91.7 cm³/mol. The minimum absolute atomic E-state index is 0.789. The van der Waals surface area contributed by atoms with Crippen LogP contribution < -0.4 is 5.32 Å². The van der Waals surface area contributed by atoms with Crippen molar-refractivity contribution in [3.05, 3.63) is 47.2 Å². The zero-order chi connectivity index (χ0) is 15.6. The van der Waals surface area contributed by atoms with Crippen LogP contribution in [-0.4, -0.2) is 26.5 Å². The van der Waals surface area contributed by atoms with Gasteiger partial charge in [-0.25, -0.2) is 15.0 Å². The molecule has 0 amide bonds. The number of aromatic amines is 1. The van der Waals surface area contributed by atoms with Gasteiger partial charge in [-0.3, -0.25) is 0 Å². The molecule has 0 unspecified atom stereocenters. The fourth-order valence-electron chi connectivity index (χ4n) is 3.29. The number of H-pyrrole nitrogens is 1. The summed E-state index contributed by atoms with van der Waals surface area (Å²) >= 11 is 0. The third-order valence-corrected chi connectivity index (χ3v) is 4.50. The van der Waals surface area contributed by atoms with Gasteiger partial charge in [-0.15, -0.1) is 0 Å². The van der Waals surface area contributed by atoms with E-state index in [1.54, 1.807) is 0 Å². The molecule has 4 rings (SSSR count). The van der Waals surface area contributed by atoms with Crippen LogP contribution in [0.2, 0.25) is 0 Å². The van der Waals surface area contributed by atoms with Crippen molar-refractivity contribution in [1.82, 2.24) is 19.9 Å². The van der Waals surface area contributed by atoms with Crippen molar-refractivity contribution in [2.75, 3.05) is 11.9 Å². The van der Waals surface area contributed by atoms with Gasteiger partial charge in [-0.05, 0) is 56.4 Å². The highest BCUT2D eigenvalue weighted by Gasteiger charge is 2.15. The zero-order valence-corrected chi connectivity index (χ0v) is 13.4. The molecule has 3 aromatic rings. The van der Waals surface area contributed by atoms with Gasteiger partial charge >= 0.3 is 0 Å². The van der Waals surface area contributed by atoms with Gasteiger partial charge in [0.05, 0.1) is 0 Å². The summed E-state index contributed by atoms with van der Waals surface area (Å²) in [5.74, 6) is 1.83. The van der Waals surface area contributed by atoms with Crippen molar-refractivity contribution in [2.24, 2.45) is 0 Å². The molecule has 1 aliphatic rings. The summed E-state index contributed by atoms with van der Waals surface area (Å²) in [6.07, 6.45) is 7.49. The third kappa shape index (κ3) is 2.91. The van der Waals surface area contributed by atoms with Crippen molar-refractivity contribution in [3.8, 4) is 0 Å². The van der Waals surface area contributed by atoms with E-state index in [1.165, 1.54) is 24.1 Å². The Balaban J connectivity index is 1.43. The second-order valence-corrected chi connectivity index (χ2v) is 6.15. The normalized spacial score (nSPS) is 14.0. The molecule has 2 N–H and O–H groups in total. The highest BCUT2D eigenvalue weighted by atomic mass is 15.0. The minimum Gasteiger partial charge on any atom is -0.370 e. The summed E-state index contributed by atoms with van der Waals surface area (Å²) in [5, 5.41) is 4.49. The first-order chi connectivity index (χ1) is 11.3. The molecule has 0 radical (unpaired) electrons. The maximum absolute atomic E-state index is 4.77. The summed E-state index contributed by atoms with van der Waals surface area (Å²) in [5.41, 5.74) is 4.73. The van der Waals surface area contributed by atoms with Crippen molar-refractivity contribution in [2.45, 2.75) is 39.0 Å². The number of anilines is 1. The second-order valence-electron chi connectivity index (χ2n) is 6.15.